The molecule has 2 rings (SSSR count). The number of hydrogen-bond donors (Lipinski definition) is 0. The number of nitro benzene ring substituents is 1. The van der Waals surface area contributed by atoms with Crippen molar-refractivity contribution in [2.45, 2.75) is 5.88 Å². The van der Waals surface area contributed by atoms with E-state index in [4.69, 9.17) is 39.5 Å². The first-order chi connectivity index (χ1) is 9.51. The molecule has 0 heterocycles. The maximum Gasteiger partial charge on any atom is 0.313 e. The maximum absolute atomic E-state index is 11.0. The van der Waals surface area contributed by atoms with E-state index in [-0.39, 0.29) is 22.3 Å². The monoisotopic (exact) mass is 331 g/mol. The molecule has 104 valence electrons. The molecule has 0 unspecified atom stereocenters. The number of nitrogens with zero attached hydrogens (tertiary/aromatic N) is 1. The van der Waals surface area contributed by atoms with Crippen LogP contribution in [0.5, 0.6) is 11.5 Å². The number of benzene rings is 2. The minimum atomic E-state index is -0.560. The molecule has 20 heavy (non-hydrogen) atoms. The van der Waals surface area contributed by atoms with E-state index in [2.05, 4.69) is 0 Å². The summed E-state index contributed by atoms with van der Waals surface area (Å²) in [6, 6.07) is 9.07. The molecule has 2 aromatic carbocycles. The minimum Gasteiger partial charge on any atom is -0.450 e. The summed E-state index contributed by atoms with van der Waals surface area (Å²) in [7, 11) is 0. The zero-order valence-corrected chi connectivity index (χ0v) is 12.2. The van der Waals surface area contributed by atoms with Crippen molar-refractivity contribution in [3.8, 4) is 11.5 Å². The van der Waals surface area contributed by atoms with Crippen LogP contribution in [0.3, 0.4) is 0 Å². The number of halogens is 3. The highest BCUT2D eigenvalue weighted by Gasteiger charge is 2.16. The molecule has 0 N–H and O–H groups in total. The molecule has 0 amide bonds. The predicted molar refractivity (Wildman–Crippen MR) is 79.2 cm³/mol. The van der Waals surface area contributed by atoms with Crippen molar-refractivity contribution in [2.75, 3.05) is 0 Å². The van der Waals surface area contributed by atoms with Crippen LogP contribution in [0, 0.1) is 10.1 Å². The zero-order chi connectivity index (χ0) is 14.7. The van der Waals surface area contributed by atoms with Gasteiger partial charge in [0.2, 0.25) is 5.75 Å². The Labute approximate surface area is 130 Å². The molecule has 0 bridgehead atoms. The Morgan fingerprint density at radius 3 is 2.50 bits per heavy atom. The molecule has 0 aliphatic carbocycles. The zero-order valence-electron chi connectivity index (χ0n) is 9.98. The lowest BCUT2D eigenvalue weighted by atomic mass is 10.2. The fourth-order valence-electron chi connectivity index (χ4n) is 1.55. The van der Waals surface area contributed by atoms with Crippen molar-refractivity contribution < 1.29 is 9.66 Å². The summed E-state index contributed by atoms with van der Waals surface area (Å²) in [6.07, 6.45) is 0. The van der Waals surface area contributed by atoms with E-state index < -0.39 is 4.92 Å². The second-order valence-corrected chi connectivity index (χ2v) is 4.97. The molecule has 7 heteroatoms. The van der Waals surface area contributed by atoms with Crippen LogP contribution < -0.4 is 4.74 Å². The van der Waals surface area contributed by atoms with Gasteiger partial charge in [0.1, 0.15) is 5.75 Å². The van der Waals surface area contributed by atoms with Gasteiger partial charge < -0.3 is 4.74 Å². The molecule has 0 saturated carbocycles. The molecule has 0 fully saturated rings. The summed E-state index contributed by atoms with van der Waals surface area (Å²) in [4.78, 5) is 10.4. The highest BCUT2D eigenvalue weighted by atomic mass is 35.5. The van der Waals surface area contributed by atoms with Crippen LogP contribution in [0.15, 0.2) is 36.4 Å². The topological polar surface area (TPSA) is 52.4 Å². The minimum absolute atomic E-state index is 0.0918. The van der Waals surface area contributed by atoms with Crippen LogP contribution in [-0.4, -0.2) is 4.92 Å². The van der Waals surface area contributed by atoms with Crippen LogP contribution in [0.2, 0.25) is 10.0 Å². The van der Waals surface area contributed by atoms with Gasteiger partial charge >= 0.3 is 5.69 Å². The normalized spacial score (nSPS) is 10.3. The first kappa shape index (κ1) is 14.9. The quantitative estimate of drug-likeness (QED) is 0.426. The lowest BCUT2D eigenvalue weighted by Gasteiger charge is -2.08. The fraction of sp³-hybridized carbons (Fsp3) is 0.0769. The first-order valence-corrected chi connectivity index (χ1v) is 6.76. The highest BCUT2D eigenvalue weighted by molar-refractivity contribution is 6.32. The van der Waals surface area contributed by atoms with E-state index in [9.17, 15) is 10.1 Å². The Morgan fingerprint density at radius 1 is 1.15 bits per heavy atom. The van der Waals surface area contributed by atoms with Gasteiger partial charge in [0.05, 0.1) is 4.92 Å². The second-order valence-electron chi connectivity index (χ2n) is 3.86. The van der Waals surface area contributed by atoms with Crippen LogP contribution in [0.4, 0.5) is 5.69 Å². The van der Waals surface area contributed by atoms with Gasteiger partial charge in [-0.05, 0) is 29.8 Å². The van der Waals surface area contributed by atoms with E-state index in [1.165, 1.54) is 18.2 Å². The average molecular weight is 333 g/mol. The van der Waals surface area contributed by atoms with Gasteiger partial charge in [-0.3, -0.25) is 10.1 Å². The van der Waals surface area contributed by atoms with E-state index in [1.54, 1.807) is 18.2 Å². The fourth-order valence-corrected chi connectivity index (χ4v) is 2.25. The van der Waals surface area contributed by atoms with E-state index in [0.717, 1.165) is 5.56 Å². The third kappa shape index (κ3) is 3.33. The molecule has 0 aliphatic rings. The number of alkyl halides is 1. The molecule has 2 aromatic rings. The molecule has 0 aliphatic heterocycles. The SMILES string of the molecule is O=[N+]([O-])c1cc(Cl)ccc1Oc1ccc(CCl)c(Cl)c1. The average Bonchev–Trinajstić information content (AvgIpc) is 2.41. The van der Waals surface area contributed by atoms with Crippen molar-refractivity contribution in [3.63, 3.8) is 0 Å². The third-order valence-electron chi connectivity index (χ3n) is 2.51. The largest absolute Gasteiger partial charge is 0.450 e. The van der Waals surface area contributed by atoms with Crippen molar-refractivity contribution in [3.05, 3.63) is 62.1 Å². The Hall–Kier alpha value is -1.49. The van der Waals surface area contributed by atoms with Gasteiger partial charge in [-0.1, -0.05) is 29.3 Å². The Morgan fingerprint density at radius 2 is 1.90 bits per heavy atom. The summed E-state index contributed by atoms with van der Waals surface area (Å²) in [5, 5.41) is 11.7. The highest BCUT2D eigenvalue weighted by Crippen LogP contribution is 2.34. The summed E-state index contributed by atoms with van der Waals surface area (Å²) < 4.78 is 5.48. The number of rotatable bonds is 4. The van der Waals surface area contributed by atoms with Crippen molar-refractivity contribution >= 4 is 40.5 Å². The van der Waals surface area contributed by atoms with E-state index in [1.807, 2.05) is 0 Å². The molecule has 0 spiro atoms. The molecular weight excluding hydrogens is 325 g/mol. The first-order valence-electron chi connectivity index (χ1n) is 5.47. The summed E-state index contributed by atoms with van der Waals surface area (Å²) in [6.45, 7) is 0. The molecule has 0 radical (unpaired) electrons. The van der Waals surface area contributed by atoms with Crippen LogP contribution in [0.1, 0.15) is 5.56 Å². The van der Waals surface area contributed by atoms with Crippen molar-refractivity contribution in [1.82, 2.24) is 0 Å². The van der Waals surface area contributed by atoms with Gasteiger partial charge in [0.25, 0.3) is 0 Å². The number of nitro groups is 1. The Kier molecular flexibility index (Phi) is 4.70. The van der Waals surface area contributed by atoms with Gasteiger partial charge in [-0.15, -0.1) is 11.6 Å². The van der Waals surface area contributed by atoms with Gasteiger partial charge in [0.15, 0.2) is 0 Å². The summed E-state index contributed by atoms with van der Waals surface area (Å²) in [5.74, 6) is 0.753. The second kappa shape index (κ2) is 6.31. The maximum atomic E-state index is 11.0. The van der Waals surface area contributed by atoms with Crippen molar-refractivity contribution in [1.29, 1.82) is 0 Å². The van der Waals surface area contributed by atoms with Crippen molar-refractivity contribution in [2.24, 2.45) is 0 Å². The number of ether oxygens (including phenoxy) is 1. The molecule has 4 nitrogen and oxygen atoms in total. The smallest absolute Gasteiger partial charge is 0.313 e. The number of hydrogen-bond acceptors (Lipinski definition) is 3. The predicted octanol–water partition coefficient (Wildman–Crippen LogP) is 5.43. The van der Waals surface area contributed by atoms with E-state index >= 15 is 0 Å². The van der Waals surface area contributed by atoms with Crippen LogP contribution in [0.25, 0.3) is 0 Å². The molecule has 0 saturated heterocycles. The molecule has 0 aromatic heterocycles. The molecule has 0 atom stereocenters. The van der Waals surface area contributed by atoms with Crippen LogP contribution >= 0.6 is 34.8 Å². The standard InChI is InChI=1S/C13H8Cl3NO3/c14-7-8-1-3-10(6-11(8)16)20-13-4-2-9(15)5-12(13)17(18)19/h1-6H,7H2. The van der Waals surface area contributed by atoms with Gasteiger partial charge in [-0.25, -0.2) is 0 Å². The Balaban J connectivity index is 2.35. The van der Waals surface area contributed by atoms with E-state index in [0.29, 0.717) is 10.8 Å². The van der Waals surface area contributed by atoms with Gasteiger partial charge in [0, 0.05) is 22.0 Å². The summed E-state index contributed by atoms with van der Waals surface area (Å²) >= 11 is 17.4. The molecular formula is C13H8Cl3NO3. The van der Waals surface area contributed by atoms with Gasteiger partial charge in [-0.2, -0.15) is 0 Å². The lowest BCUT2D eigenvalue weighted by Crippen LogP contribution is -1.93. The van der Waals surface area contributed by atoms with Crippen LogP contribution in [-0.2, 0) is 5.88 Å². The summed E-state index contributed by atoms with van der Waals surface area (Å²) in [5.41, 5.74) is 0.543. The lowest BCUT2D eigenvalue weighted by molar-refractivity contribution is -0.385. The Bertz CT molecular complexity index is 661. The third-order valence-corrected chi connectivity index (χ3v) is 3.39.